The van der Waals surface area contributed by atoms with Gasteiger partial charge in [0.1, 0.15) is 11.2 Å². The lowest BCUT2D eigenvalue weighted by molar-refractivity contribution is 0.0958. The molecule has 166 valence electrons. The predicted octanol–water partition coefficient (Wildman–Crippen LogP) is 1.90. The number of nitrogens with zero attached hydrogens (tertiary/aromatic N) is 4. The van der Waals surface area contributed by atoms with E-state index in [4.69, 9.17) is 0 Å². The molecule has 9 heteroatoms. The standard InChI is InChI=1S/C23H25FN6O2/c1-12-4-5-19(21(26-12)23(32)25-3)30-11-15-8-16(30)10-29(15)9-14-6-17(24)20-18(7-14)28-22(31)13(2)27-20/h4-7,15-16H,8-11H2,1-3H3,(H,25,32)(H,28,31)/t15-,16-/m0/s1. The summed E-state index contributed by atoms with van der Waals surface area (Å²) in [6.45, 7) is 5.63. The minimum absolute atomic E-state index is 0.187. The molecule has 2 atom stereocenters. The van der Waals surface area contributed by atoms with Crippen molar-refractivity contribution >= 4 is 22.6 Å². The second-order valence-electron chi connectivity index (χ2n) is 8.65. The fraction of sp³-hybridized carbons (Fsp3) is 0.391. The molecule has 4 heterocycles. The molecule has 2 aliphatic rings. The minimum Gasteiger partial charge on any atom is -0.364 e. The normalized spacial score (nSPS) is 20.3. The third-order valence-electron chi connectivity index (χ3n) is 6.48. The maximum atomic E-state index is 14.6. The van der Waals surface area contributed by atoms with Gasteiger partial charge in [0.05, 0.1) is 11.2 Å². The maximum Gasteiger partial charge on any atom is 0.271 e. The molecule has 0 saturated carbocycles. The Morgan fingerprint density at radius 1 is 1.22 bits per heavy atom. The smallest absolute Gasteiger partial charge is 0.271 e. The zero-order valence-electron chi connectivity index (χ0n) is 18.3. The van der Waals surface area contributed by atoms with Crippen molar-refractivity contribution in [3.05, 3.63) is 63.1 Å². The summed E-state index contributed by atoms with van der Waals surface area (Å²) < 4.78 is 14.6. The van der Waals surface area contributed by atoms with Crippen molar-refractivity contribution < 1.29 is 9.18 Å². The number of likely N-dealkylation sites (tertiary alicyclic amines) is 1. The number of amides is 1. The number of anilines is 1. The number of aromatic amines is 1. The number of benzene rings is 1. The molecular weight excluding hydrogens is 411 g/mol. The van der Waals surface area contributed by atoms with E-state index in [0.717, 1.165) is 36.5 Å². The molecule has 3 aromatic rings. The summed E-state index contributed by atoms with van der Waals surface area (Å²) >= 11 is 0. The fourth-order valence-corrected chi connectivity index (χ4v) is 4.93. The van der Waals surface area contributed by atoms with Crippen LogP contribution in [-0.2, 0) is 6.54 Å². The highest BCUT2D eigenvalue weighted by Crippen LogP contribution is 2.36. The van der Waals surface area contributed by atoms with Gasteiger partial charge in [-0.05, 0) is 50.1 Å². The van der Waals surface area contributed by atoms with Crippen LogP contribution in [0, 0.1) is 19.7 Å². The van der Waals surface area contributed by atoms with Gasteiger partial charge in [0, 0.05) is 44.5 Å². The van der Waals surface area contributed by atoms with Crippen LogP contribution in [0.3, 0.4) is 0 Å². The average molecular weight is 436 g/mol. The van der Waals surface area contributed by atoms with E-state index in [0.29, 0.717) is 23.8 Å². The molecule has 2 aromatic heterocycles. The Morgan fingerprint density at radius 2 is 2.03 bits per heavy atom. The van der Waals surface area contributed by atoms with Crippen LogP contribution in [-0.4, -0.2) is 58.0 Å². The van der Waals surface area contributed by atoms with Crippen molar-refractivity contribution in [1.82, 2.24) is 25.2 Å². The Labute approximate surface area is 184 Å². The van der Waals surface area contributed by atoms with Gasteiger partial charge < -0.3 is 15.2 Å². The summed E-state index contributed by atoms with van der Waals surface area (Å²) in [5.74, 6) is -0.614. The van der Waals surface area contributed by atoms with Crippen molar-refractivity contribution in [2.75, 3.05) is 25.0 Å². The number of carbonyl (C=O) groups is 1. The number of piperazine rings is 1. The van der Waals surface area contributed by atoms with Crippen LogP contribution < -0.4 is 15.8 Å². The van der Waals surface area contributed by atoms with Crippen LogP contribution in [0.1, 0.15) is 33.9 Å². The number of halogens is 1. The van der Waals surface area contributed by atoms with Crippen LogP contribution in [0.5, 0.6) is 0 Å². The number of H-pyrrole nitrogens is 1. The van der Waals surface area contributed by atoms with E-state index >= 15 is 0 Å². The molecule has 0 spiro atoms. The SMILES string of the molecule is CNC(=O)c1nc(C)ccc1N1C[C@@H]2C[C@H]1CN2Cc1cc(F)c2nc(C)c(=O)[nH]c2c1. The first-order chi connectivity index (χ1) is 15.3. The van der Waals surface area contributed by atoms with Gasteiger partial charge in [-0.3, -0.25) is 14.5 Å². The van der Waals surface area contributed by atoms with Gasteiger partial charge in [0.2, 0.25) is 0 Å². The number of carbonyl (C=O) groups excluding carboxylic acids is 1. The van der Waals surface area contributed by atoms with Crippen molar-refractivity contribution in [3.63, 3.8) is 0 Å². The summed E-state index contributed by atoms with van der Waals surface area (Å²) in [5.41, 5.74) is 3.48. The highest BCUT2D eigenvalue weighted by molar-refractivity contribution is 5.97. The molecule has 1 aromatic carbocycles. The highest BCUT2D eigenvalue weighted by Gasteiger charge is 2.44. The average Bonchev–Trinajstić information content (AvgIpc) is 3.35. The van der Waals surface area contributed by atoms with E-state index in [1.165, 1.54) is 6.07 Å². The zero-order valence-corrected chi connectivity index (χ0v) is 18.3. The number of fused-ring (bicyclic) bond motifs is 3. The third-order valence-corrected chi connectivity index (χ3v) is 6.48. The van der Waals surface area contributed by atoms with Gasteiger partial charge in [-0.1, -0.05) is 0 Å². The summed E-state index contributed by atoms with van der Waals surface area (Å²) in [4.78, 5) is 40.1. The van der Waals surface area contributed by atoms with Gasteiger partial charge in [0.25, 0.3) is 11.5 Å². The molecule has 1 amide bonds. The lowest BCUT2D eigenvalue weighted by Gasteiger charge is -2.36. The summed E-state index contributed by atoms with van der Waals surface area (Å²) in [6.07, 6.45) is 0.981. The van der Waals surface area contributed by atoms with E-state index in [-0.39, 0.29) is 28.7 Å². The first-order valence-corrected chi connectivity index (χ1v) is 10.7. The number of pyridine rings is 1. The van der Waals surface area contributed by atoms with Crippen LogP contribution >= 0.6 is 0 Å². The molecule has 32 heavy (non-hydrogen) atoms. The number of hydrogen-bond donors (Lipinski definition) is 2. The molecule has 2 fully saturated rings. The van der Waals surface area contributed by atoms with E-state index in [2.05, 4.69) is 30.1 Å². The second-order valence-corrected chi connectivity index (χ2v) is 8.65. The van der Waals surface area contributed by atoms with Gasteiger partial charge in [-0.2, -0.15) is 0 Å². The summed E-state index contributed by atoms with van der Waals surface area (Å²) in [7, 11) is 1.61. The Hall–Kier alpha value is -3.33. The molecule has 0 radical (unpaired) electrons. The van der Waals surface area contributed by atoms with Crippen molar-refractivity contribution in [2.45, 2.75) is 38.9 Å². The van der Waals surface area contributed by atoms with Gasteiger partial charge in [-0.25, -0.2) is 14.4 Å². The molecule has 2 N–H and O–H groups in total. The first kappa shape index (κ1) is 20.6. The quantitative estimate of drug-likeness (QED) is 0.649. The van der Waals surface area contributed by atoms with Gasteiger partial charge >= 0.3 is 0 Å². The lowest BCUT2D eigenvalue weighted by Crippen LogP contribution is -2.46. The van der Waals surface area contributed by atoms with Crippen molar-refractivity contribution in [1.29, 1.82) is 0 Å². The predicted molar refractivity (Wildman–Crippen MR) is 119 cm³/mol. The van der Waals surface area contributed by atoms with Crippen LogP contribution in [0.4, 0.5) is 10.1 Å². The fourth-order valence-electron chi connectivity index (χ4n) is 4.93. The van der Waals surface area contributed by atoms with Crippen LogP contribution in [0.2, 0.25) is 0 Å². The monoisotopic (exact) mass is 436 g/mol. The number of hydrogen-bond acceptors (Lipinski definition) is 6. The van der Waals surface area contributed by atoms with Crippen LogP contribution in [0.25, 0.3) is 11.0 Å². The zero-order chi connectivity index (χ0) is 22.6. The van der Waals surface area contributed by atoms with E-state index < -0.39 is 5.82 Å². The number of aryl methyl sites for hydroxylation is 2. The second kappa shape index (κ2) is 7.67. The minimum atomic E-state index is -0.427. The van der Waals surface area contributed by atoms with Crippen molar-refractivity contribution in [2.24, 2.45) is 0 Å². The summed E-state index contributed by atoms with van der Waals surface area (Å²) in [5, 5.41) is 2.68. The van der Waals surface area contributed by atoms with Crippen molar-refractivity contribution in [3.8, 4) is 0 Å². The molecule has 0 unspecified atom stereocenters. The molecule has 2 aliphatic heterocycles. The van der Waals surface area contributed by atoms with Crippen LogP contribution in [0.15, 0.2) is 29.1 Å². The van der Waals surface area contributed by atoms with E-state index in [1.54, 1.807) is 14.0 Å². The number of nitrogens with one attached hydrogen (secondary N) is 2. The topological polar surface area (TPSA) is 94.2 Å². The van der Waals surface area contributed by atoms with Gasteiger partial charge in [0.15, 0.2) is 11.5 Å². The molecular formula is C23H25FN6O2. The summed E-state index contributed by atoms with van der Waals surface area (Å²) in [6, 6.07) is 7.78. The molecule has 5 rings (SSSR count). The molecule has 8 nitrogen and oxygen atoms in total. The number of rotatable bonds is 4. The Balaban J connectivity index is 1.37. The Bertz CT molecular complexity index is 1290. The van der Waals surface area contributed by atoms with E-state index in [1.807, 2.05) is 25.1 Å². The Kier molecular flexibility index (Phi) is 4.93. The van der Waals surface area contributed by atoms with Gasteiger partial charge in [-0.15, -0.1) is 0 Å². The lowest BCUT2D eigenvalue weighted by atomic mass is 10.1. The molecule has 0 aliphatic carbocycles. The molecule has 2 bridgehead atoms. The van der Waals surface area contributed by atoms with E-state index in [9.17, 15) is 14.0 Å². The highest BCUT2D eigenvalue weighted by atomic mass is 19.1. The first-order valence-electron chi connectivity index (χ1n) is 10.7. The number of aromatic nitrogens is 3. The Morgan fingerprint density at radius 3 is 2.75 bits per heavy atom. The molecule has 2 saturated heterocycles. The largest absolute Gasteiger partial charge is 0.364 e. The maximum absolute atomic E-state index is 14.6. The third kappa shape index (κ3) is 3.42.